The number of esters is 2. The fourth-order valence-electron chi connectivity index (χ4n) is 4.93. The van der Waals surface area contributed by atoms with E-state index >= 15 is 0 Å². The normalized spacial score (nSPS) is 12.2. The van der Waals surface area contributed by atoms with Crippen LogP contribution in [0.15, 0.2) is 97.6 Å². The van der Waals surface area contributed by atoms with Crippen molar-refractivity contribution in [2.24, 2.45) is 0 Å². The fourth-order valence-corrected chi connectivity index (χ4v) is 4.93. The van der Waals surface area contributed by atoms with Crippen molar-refractivity contribution in [1.29, 1.82) is 0 Å². The number of rotatable bonds is 9. The van der Waals surface area contributed by atoms with Gasteiger partial charge in [-0.2, -0.15) is 0 Å². The number of hydrogen-bond acceptors (Lipinski definition) is 6. The Morgan fingerprint density at radius 1 is 0.833 bits per heavy atom. The van der Waals surface area contributed by atoms with Crippen molar-refractivity contribution in [2.45, 2.75) is 46.2 Å². The van der Waals surface area contributed by atoms with Gasteiger partial charge >= 0.3 is 11.9 Å². The molecule has 2 atom stereocenters. The van der Waals surface area contributed by atoms with Gasteiger partial charge in [0.05, 0.1) is 42.6 Å². The highest BCUT2D eigenvalue weighted by Crippen LogP contribution is 2.31. The van der Waals surface area contributed by atoms with Crippen molar-refractivity contribution in [3.05, 3.63) is 120 Å². The first kappa shape index (κ1) is 30.1. The summed E-state index contributed by atoms with van der Waals surface area (Å²) in [6, 6.07) is 24.3. The molecule has 0 bridgehead atoms. The van der Waals surface area contributed by atoms with E-state index in [0.29, 0.717) is 17.6 Å². The second-order valence-electron chi connectivity index (χ2n) is 9.69. The first-order chi connectivity index (χ1) is 20.4. The van der Waals surface area contributed by atoms with Crippen LogP contribution in [0.2, 0.25) is 0 Å². The molecule has 5 rings (SSSR count). The number of aromatic hydroxyl groups is 1. The Morgan fingerprint density at radius 3 is 2.07 bits per heavy atom. The second-order valence-corrected chi connectivity index (χ2v) is 9.69. The van der Waals surface area contributed by atoms with E-state index in [0.717, 1.165) is 17.5 Å². The van der Waals surface area contributed by atoms with E-state index in [1.165, 1.54) is 5.56 Å². The number of carbonyl (C=O) groups excluding carboxylic acids is 2. The minimum Gasteiger partial charge on any atom is -0.505 e. The van der Waals surface area contributed by atoms with Crippen molar-refractivity contribution in [2.75, 3.05) is 13.2 Å². The summed E-state index contributed by atoms with van der Waals surface area (Å²) < 4.78 is 14.0. The Morgan fingerprint density at radius 2 is 1.45 bits per heavy atom. The molecule has 0 saturated heterocycles. The van der Waals surface area contributed by atoms with Crippen molar-refractivity contribution in [1.82, 2.24) is 14.1 Å². The molecule has 42 heavy (non-hydrogen) atoms. The minimum atomic E-state index is -0.615. The van der Waals surface area contributed by atoms with E-state index in [-0.39, 0.29) is 36.1 Å². The smallest absolute Gasteiger partial charge is 0.360 e. The molecule has 2 aromatic carbocycles. The molecule has 5 aromatic rings. The maximum atomic E-state index is 11.8. The predicted molar refractivity (Wildman–Crippen MR) is 163 cm³/mol. The van der Waals surface area contributed by atoms with Crippen molar-refractivity contribution in [3.63, 3.8) is 0 Å². The summed E-state index contributed by atoms with van der Waals surface area (Å²) in [6.45, 7) is 8.38. The molecule has 218 valence electrons. The van der Waals surface area contributed by atoms with Gasteiger partial charge in [-0.3, -0.25) is 0 Å². The lowest BCUT2D eigenvalue weighted by Crippen LogP contribution is -2.08. The van der Waals surface area contributed by atoms with Crippen molar-refractivity contribution >= 4 is 22.8 Å². The first-order valence-electron chi connectivity index (χ1n) is 14.2. The van der Waals surface area contributed by atoms with Gasteiger partial charge in [0.1, 0.15) is 0 Å². The van der Waals surface area contributed by atoms with Crippen molar-refractivity contribution < 1.29 is 24.2 Å². The van der Waals surface area contributed by atoms with Crippen LogP contribution in [0.4, 0.5) is 0 Å². The van der Waals surface area contributed by atoms with Crippen LogP contribution >= 0.6 is 0 Å². The van der Waals surface area contributed by atoms with Gasteiger partial charge in [-0.05, 0) is 50.5 Å². The third kappa shape index (κ3) is 6.71. The molecule has 0 aliphatic carbocycles. The highest BCUT2D eigenvalue weighted by molar-refractivity contribution is 5.98. The Labute approximate surface area is 246 Å². The highest BCUT2D eigenvalue weighted by Gasteiger charge is 2.20. The number of pyridine rings is 1. The SMILES string of the molecule is CCOC(=O)c1ccn(C(CC)c2ccccc2)c1.CCOC(=O)c1ncc2c(ccn2C(C)c2ccccc2)c1O. The lowest BCUT2D eigenvalue weighted by molar-refractivity contribution is 0.0510. The molecule has 3 aromatic heterocycles. The van der Waals surface area contributed by atoms with E-state index in [9.17, 15) is 14.7 Å². The summed E-state index contributed by atoms with van der Waals surface area (Å²) in [5.41, 5.74) is 3.72. The molecule has 0 aliphatic rings. The second kappa shape index (κ2) is 14.2. The topological polar surface area (TPSA) is 95.6 Å². The van der Waals surface area contributed by atoms with Crippen LogP contribution < -0.4 is 0 Å². The zero-order valence-corrected chi connectivity index (χ0v) is 24.4. The summed E-state index contributed by atoms with van der Waals surface area (Å²) in [5.74, 6) is -1.01. The van der Waals surface area contributed by atoms with Crippen LogP contribution in [0.25, 0.3) is 10.9 Å². The van der Waals surface area contributed by atoms with Gasteiger partial charge in [-0.15, -0.1) is 0 Å². The zero-order chi connectivity index (χ0) is 30.1. The summed E-state index contributed by atoms with van der Waals surface area (Å²) in [6.07, 6.45) is 8.26. The van der Waals surface area contributed by atoms with Gasteiger partial charge in [0, 0.05) is 24.0 Å². The highest BCUT2D eigenvalue weighted by atomic mass is 16.5. The summed E-state index contributed by atoms with van der Waals surface area (Å²) >= 11 is 0. The van der Waals surface area contributed by atoms with E-state index in [4.69, 9.17) is 9.47 Å². The summed E-state index contributed by atoms with van der Waals surface area (Å²) in [4.78, 5) is 27.6. The number of hydrogen-bond donors (Lipinski definition) is 1. The largest absolute Gasteiger partial charge is 0.505 e. The number of aromatic nitrogens is 3. The molecular weight excluding hydrogens is 530 g/mol. The summed E-state index contributed by atoms with van der Waals surface area (Å²) in [7, 11) is 0. The van der Waals surface area contributed by atoms with E-state index in [1.807, 2.05) is 72.5 Å². The molecule has 2 unspecified atom stereocenters. The van der Waals surface area contributed by atoms with Gasteiger partial charge in [0.15, 0.2) is 11.4 Å². The fraction of sp³-hybridized carbons (Fsp3) is 0.265. The molecule has 0 radical (unpaired) electrons. The number of fused-ring (bicyclic) bond motifs is 1. The van der Waals surface area contributed by atoms with Gasteiger partial charge in [-0.25, -0.2) is 14.6 Å². The van der Waals surface area contributed by atoms with Crippen LogP contribution in [0.5, 0.6) is 5.75 Å². The number of ether oxygens (including phenoxy) is 2. The predicted octanol–water partition coefficient (Wildman–Crippen LogP) is 7.19. The van der Waals surface area contributed by atoms with Crippen molar-refractivity contribution in [3.8, 4) is 5.75 Å². The van der Waals surface area contributed by atoms with Gasteiger partial charge in [0.2, 0.25) is 0 Å². The molecule has 0 fully saturated rings. The van der Waals surface area contributed by atoms with E-state index < -0.39 is 5.97 Å². The van der Waals surface area contributed by atoms with Crippen LogP contribution in [0.3, 0.4) is 0 Å². The van der Waals surface area contributed by atoms with E-state index in [2.05, 4.69) is 47.7 Å². The average Bonchev–Trinajstić information content (AvgIpc) is 3.68. The number of carbonyl (C=O) groups is 2. The summed E-state index contributed by atoms with van der Waals surface area (Å²) in [5, 5.41) is 10.9. The van der Waals surface area contributed by atoms with E-state index in [1.54, 1.807) is 19.2 Å². The van der Waals surface area contributed by atoms with Crippen LogP contribution in [0, 0.1) is 0 Å². The zero-order valence-electron chi connectivity index (χ0n) is 24.4. The number of nitrogens with zero attached hydrogens (tertiary/aromatic N) is 3. The van der Waals surface area contributed by atoms with Crippen LogP contribution in [0.1, 0.15) is 78.2 Å². The minimum absolute atomic E-state index is 0.0514. The molecular formula is C34H37N3O5. The standard InChI is InChI=1S/C18H18N2O3.C16H19NO2/c1-3-23-18(22)16-17(21)14-9-10-20(15(14)11-19-16)12(2)13-7-5-4-6-8-13;1-3-15(13-8-6-5-7-9-13)17-11-10-14(12-17)16(18)19-4-2/h4-12,21H,3H2,1-2H3;5-12,15H,3-4H2,1-2H3. The lowest BCUT2D eigenvalue weighted by atomic mass is 10.0. The Bertz CT molecular complexity index is 1610. The van der Waals surface area contributed by atoms with Gasteiger partial charge in [0.25, 0.3) is 0 Å². The molecule has 3 heterocycles. The quantitative estimate of drug-likeness (QED) is 0.189. The first-order valence-corrected chi connectivity index (χ1v) is 14.2. The average molecular weight is 568 g/mol. The molecule has 0 amide bonds. The third-order valence-electron chi connectivity index (χ3n) is 7.08. The number of benzene rings is 2. The lowest BCUT2D eigenvalue weighted by Gasteiger charge is -2.17. The Balaban J connectivity index is 0.000000197. The molecule has 0 spiro atoms. The Kier molecular flexibility index (Phi) is 10.2. The molecule has 1 N–H and O–H groups in total. The molecule has 0 aliphatic heterocycles. The maximum absolute atomic E-state index is 11.8. The maximum Gasteiger partial charge on any atom is 0.360 e. The Hall–Kier alpha value is -4.85. The third-order valence-corrected chi connectivity index (χ3v) is 7.08. The van der Waals surface area contributed by atoms with Crippen LogP contribution in [-0.2, 0) is 9.47 Å². The molecule has 8 heteroatoms. The van der Waals surface area contributed by atoms with Gasteiger partial charge in [-0.1, -0.05) is 67.6 Å². The molecule has 0 saturated carbocycles. The molecule has 8 nitrogen and oxygen atoms in total. The van der Waals surface area contributed by atoms with Gasteiger partial charge < -0.3 is 23.7 Å². The van der Waals surface area contributed by atoms with Crippen LogP contribution in [-0.4, -0.2) is 44.4 Å². The monoisotopic (exact) mass is 567 g/mol.